The first-order valence-electron chi connectivity index (χ1n) is 5.52. The van der Waals surface area contributed by atoms with Crippen molar-refractivity contribution in [1.29, 1.82) is 0 Å². The maximum absolute atomic E-state index is 12.3. The van der Waals surface area contributed by atoms with Gasteiger partial charge in [0, 0.05) is 19.8 Å². The molecule has 0 spiro atoms. The number of amides is 1. The Morgan fingerprint density at radius 2 is 2.42 bits per heavy atom. The van der Waals surface area contributed by atoms with Crippen molar-refractivity contribution < 1.29 is 4.79 Å². The van der Waals surface area contributed by atoms with Gasteiger partial charge in [0.25, 0.3) is 5.91 Å². The Hall–Kier alpha value is -1.44. The Bertz CT molecular complexity index is 587. The van der Waals surface area contributed by atoms with E-state index in [-0.39, 0.29) is 5.91 Å². The Kier molecular flexibility index (Phi) is 4.52. The molecule has 7 heteroatoms. The van der Waals surface area contributed by atoms with E-state index in [1.165, 1.54) is 0 Å². The number of nitrogens with two attached hydrogens (primary N) is 1. The topological polar surface area (TPSA) is 71.2 Å². The number of thiophene rings is 1. The van der Waals surface area contributed by atoms with E-state index in [0.717, 1.165) is 9.35 Å². The van der Waals surface area contributed by atoms with Crippen LogP contribution in [-0.2, 0) is 6.54 Å². The van der Waals surface area contributed by atoms with E-state index in [1.807, 2.05) is 11.4 Å². The molecule has 0 radical (unpaired) electrons. The fraction of sp³-hybridized carbons (Fsp3) is 0.167. The summed E-state index contributed by atoms with van der Waals surface area (Å²) in [5, 5.41) is 2.01. The quantitative estimate of drug-likeness (QED) is 0.662. The molecule has 0 saturated heterocycles. The number of hydrogen-bond acceptors (Lipinski definition) is 5. The summed E-state index contributed by atoms with van der Waals surface area (Å²) in [5.74, 6) is 5.62. The number of nitrogen functional groups attached to an aromatic ring is 1. The summed E-state index contributed by atoms with van der Waals surface area (Å²) in [4.78, 5) is 18.0. The van der Waals surface area contributed by atoms with Gasteiger partial charge in [0.1, 0.15) is 0 Å². The zero-order valence-corrected chi connectivity index (χ0v) is 12.7. The third kappa shape index (κ3) is 3.31. The summed E-state index contributed by atoms with van der Waals surface area (Å²) >= 11 is 5.00. The van der Waals surface area contributed by atoms with Gasteiger partial charge in [0.15, 0.2) is 5.82 Å². The molecule has 0 aromatic carbocycles. The van der Waals surface area contributed by atoms with Gasteiger partial charge in [-0.1, -0.05) is 0 Å². The van der Waals surface area contributed by atoms with E-state index in [1.54, 1.807) is 41.6 Å². The molecule has 0 unspecified atom stereocenters. The summed E-state index contributed by atoms with van der Waals surface area (Å²) in [6.45, 7) is 0.542. The van der Waals surface area contributed by atoms with Gasteiger partial charge in [-0.05, 0) is 45.1 Å². The van der Waals surface area contributed by atoms with E-state index < -0.39 is 0 Å². The smallest absolute Gasteiger partial charge is 0.257 e. The molecule has 1 amide bonds. The van der Waals surface area contributed by atoms with E-state index >= 15 is 0 Å². The van der Waals surface area contributed by atoms with Gasteiger partial charge in [-0.2, -0.15) is 0 Å². The number of carbonyl (C=O) groups is 1. The standard InChI is InChI=1S/C12H13BrN4OS/c1-17(6-8-5-10(13)19-7-8)12(18)9-3-2-4-15-11(9)16-14/h2-5,7H,6,14H2,1H3,(H,15,16). The minimum Gasteiger partial charge on any atom is -0.337 e. The van der Waals surface area contributed by atoms with Crippen molar-refractivity contribution in [2.45, 2.75) is 6.54 Å². The molecular weight excluding hydrogens is 328 g/mol. The minimum atomic E-state index is -0.122. The van der Waals surface area contributed by atoms with Gasteiger partial charge in [-0.15, -0.1) is 11.3 Å². The average Bonchev–Trinajstić information content (AvgIpc) is 2.83. The van der Waals surface area contributed by atoms with Crippen LogP contribution in [-0.4, -0.2) is 22.8 Å². The van der Waals surface area contributed by atoms with Gasteiger partial charge < -0.3 is 10.3 Å². The van der Waals surface area contributed by atoms with E-state index in [4.69, 9.17) is 5.84 Å². The van der Waals surface area contributed by atoms with Crippen molar-refractivity contribution in [3.63, 3.8) is 0 Å². The lowest BCUT2D eigenvalue weighted by Crippen LogP contribution is -2.27. The zero-order chi connectivity index (χ0) is 13.8. The first kappa shape index (κ1) is 14.0. The summed E-state index contributed by atoms with van der Waals surface area (Å²) in [7, 11) is 1.75. The van der Waals surface area contributed by atoms with Crippen LogP contribution in [0.2, 0.25) is 0 Å². The Labute approximate surface area is 123 Å². The predicted molar refractivity (Wildman–Crippen MR) is 79.9 cm³/mol. The van der Waals surface area contributed by atoms with Crippen molar-refractivity contribution in [3.05, 3.63) is 44.7 Å². The van der Waals surface area contributed by atoms with Crippen LogP contribution in [0.1, 0.15) is 15.9 Å². The molecule has 2 aromatic heterocycles. The summed E-state index contributed by atoms with van der Waals surface area (Å²) in [6, 6.07) is 5.41. The van der Waals surface area contributed by atoms with Crippen molar-refractivity contribution in [2.24, 2.45) is 5.84 Å². The molecule has 0 fully saturated rings. The summed E-state index contributed by atoms with van der Waals surface area (Å²) in [5.41, 5.74) is 3.98. The first-order valence-corrected chi connectivity index (χ1v) is 7.19. The van der Waals surface area contributed by atoms with Gasteiger partial charge in [-0.25, -0.2) is 10.8 Å². The van der Waals surface area contributed by atoms with E-state index in [2.05, 4.69) is 26.3 Å². The predicted octanol–water partition coefficient (Wildman–Crippen LogP) is 2.46. The Balaban J connectivity index is 2.14. The monoisotopic (exact) mass is 340 g/mol. The Morgan fingerprint density at radius 1 is 1.63 bits per heavy atom. The van der Waals surface area contributed by atoms with Crippen molar-refractivity contribution in [2.75, 3.05) is 12.5 Å². The lowest BCUT2D eigenvalue weighted by atomic mass is 10.2. The molecule has 0 aliphatic carbocycles. The zero-order valence-electron chi connectivity index (χ0n) is 10.3. The van der Waals surface area contributed by atoms with Crippen molar-refractivity contribution in [1.82, 2.24) is 9.88 Å². The molecule has 0 aliphatic rings. The van der Waals surface area contributed by atoms with Crippen LogP contribution in [0.4, 0.5) is 5.82 Å². The van der Waals surface area contributed by atoms with Crippen LogP contribution < -0.4 is 11.3 Å². The van der Waals surface area contributed by atoms with Crippen LogP contribution in [0.25, 0.3) is 0 Å². The third-order valence-electron chi connectivity index (χ3n) is 2.56. The number of anilines is 1. The molecule has 0 aliphatic heterocycles. The molecular formula is C12H13BrN4OS. The number of rotatable bonds is 4. The lowest BCUT2D eigenvalue weighted by Gasteiger charge is -2.17. The average molecular weight is 341 g/mol. The summed E-state index contributed by atoms with van der Waals surface area (Å²) in [6.07, 6.45) is 1.59. The van der Waals surface area contributed by atoms with Crippen LogP contribution in [0, 0.1) is 0 Å². The molecule has 0 atom stereocenters. The number of hydrazine groups is 1. The number of aromatic nitrogens is 1. The van der Waals surface area contributed by atoms with E-state index in [0.29, 0.717) is 17.9 Å². The molecule has 2 heterocycles. The minimum absolute atomic E-state index is 0.122. The molecule has 0 bridgehead atoms. The van der Waals surface area contributed by atoms with Crippen molar-refractivity contribution >= 4 is 39.0 Å². The number of hydrogen-bond donors (Lipinski definition) is 2. The van der Waals surface area contributed by atoms with Crippen LogP contribution in [0.3, 0.4) is 0 Å². The fourth-order valence-electron chi connectivity index (χ4n) is 1.67. The van der Waals surface area contributed by atoms with Crippen LogP contribution in [0.15, 0.2) is 33.6 Å². The molecule has 0 saturated carbocycles. The highest BCUT2D eigenvalue weighted by Crippen LogP contribution is 2.22. The third-order valence-corrected chi connectivity index (χ3v) is 4.12. The number of carbonyl (C=O) groups excluding carboxylic acids is 1. The second-order valence-corrected chi connectivity index (χ2v) is 6.25. The SMILES string of the molecule is CN(Cc1csc(Br)c1)C(=O)c1cccnc1NN. The highest BCUT2D eigenvalue weighted by molar-refractivity contribution is 9.11. The first-order chi connectivity index (χ1) is 9.11. The largest absolute Gasteiger partial charge is 0.337 e. The highest BCUT2D eigenvalue weighted by atomic mass is 79.9. The van der Waals surface area contributed by atoms with Crippen LogP contribution in [0.5, 0.6) is 0 Å². The summed E-state index contributed by atoms with van der Waals surface area (Å²) < 4.78 is 1.05. The van der Waals surface area contributed by atoms with Gasteiger partial charge in [0.2, 0.25) is 0 Å². The molecule has 100 valence electrons. The second-order valence-electron chi connectivity index (χ2n) is 3.96. The number of halogens is 1. The highest BCUT2D eigenvalue weighted by Gasteiger charge is 2.16. The van der Waals surface area contributed by atoms with E-state index in [9.17, 15) is 4.79 Å². The normalized spacial score (nSPS) is 10.3. The maximum Gasteiger partial charge on any atom is 0.257 e. The number of pyridine rings is 1. The number of nitrogens with one attached hydrogen (secondary N) is 1. The molecule has 3 N–H and O–H groups in total. The maximum atomic E-state index is 12.3. The van der Waals surface area contributed by atoms with Crippen LogP contribution >= 0.6 is 27.3 Å². The molecule has 2 rings (SSSR count). The molecule has 5 nitrogen and oxygen atoms in total. The lowest BCUT2D eigenvalue weighted by molar-refractivity contribution is 0.0786. The second kappa shape index (κ2) is 6.14. The van der Waals surface area contributed by atoms with Gasteiger partial charge in [0.05, 0.1) is 9.35 Å². The van der Waals surface area contributed by atoms with Gasteiger partial charge >= 0.3 is 0 Å². The molecule has 19 heavy (non-hydrogen) atoms. The van der Waals surface area contributed by atoms with Crippen molar-refractivity contribution in [3.8, 4) is 0 Å². The molecule has 2 aromatic rings. The Morgan fingerprint density at radius 3 is 3.05 bits per heavy atom. The number of nitrogens with zero attached hydrogens (tertiary/aromatic N) is 2. The fourth-order valence-corrected chi connectivity index (χ4v) is 2.87. The van der Waals surface area contributed by atoms with Gasteiger partial charge in [-0.3, -0.25) is 4.79 Å².